The number of aliphatic hydroxyl groups is 1. The molecule has 0 saturated carbocycles. The van der Waals surface area contributed by atoms with Crippen molar-refractivity contribution in [3.05, 3.63) is 47.9 Å². The van der Waals surface area contributed by atoms with Crippen LogP contribution in [0.3, 0.4) is 0 Å². The lowest BCUT2D eigenvalue weighted by Crippen LogP contribution is -2.47. The lowest BCUT2D eigenvalue weighted by atomic mass is 10.0. The van der Waals surface area contributed by atoms with Crippen LogP contribution in [0.15, 0.2) is 36.5 Å². The van der Waals surface area contributed by atoms with Gasteiger partial charge in [0.1, 0.15) is 17.1 Å². The zero-order chi connectivity index (χ0) is 27.2. The maximum Gasteiger partial charge on any atom is 0.433 e. The van der Waals surface area contributed by atoms with Crippen molar-refractivity contribution in [2.75, 3.05) is 23.3 Å². The molecule has 3 aromatic rings. The predicted octanol–water partition coefficient (Wildman–Crippen LogP) is 5.04. The summed E-state index contributed by atoms with van der Waals surface area (Å²) in [5.41, 5.74) is -6.35. The molecule has 4 heterocycles. The van der Waals surface area contributed by atoms with E-state index < -0.39 is 71.9 Å². The van der Waals surface area contributed by atoms with Gasteiger partial charge in [0.15, 0.2) is 11.4 Å². The van der Waals surface area contributed by atoms with Crippen LogP contribution in [0.2, 0.25) is 0 Å². The number of rotatable bonds is 4. The van der Waals surface area contributed by atoms with Crippen LogP contribution in [0.5, 0.6) is 0 Å². The van der Waals surface area contributed by atoms with E-state index in [0.717, 1.165) is 29.3 Å². The number of halogens is 10. The highest BCUT2D eigenvalue weighted by molar-refractivity contribution is 5.85. The topological polar surface area (TPSA) is 100.0 Å². The molecule has 206 valence electrons. The van der Waals surface area contributed by atoms with Crippen molar-refractivity contribution >= 4 is 30.0 Å². The van der Waals surface area contributed by atoms with Gasteiger partial charge in [-0.3, -0.25) is 4.98 Å². The van der Waals surface area contributed by atoms with Gasteiger partial charge in [-0.25, -0.2) is 4.98 Å². The van der Waals surface area contributed by atoms with Gasteiger partial charge in [-0.1, -0.05) is 6.07 Å². The van der Waals surface area contributed by atoms with Gasteiger partial charge in [0, 0.05) is 24.8 Å². The lowest BCUT2D eigenvalue weighted by Gasteiger charge is -2.26. The molecule has 2 N–H and O–H groups in total. The van der Waals surface area contributed by atoms with Gasteiger partial charge >= 0.3 is 18.5 Å². The van der Waals surface area contributed by atoms with Crippen molar-refractivity contribution in [2.45, 2.75) is 30.6 Å². The third-order valence-corrected chi connectivity index (χ3v) is 5.26. The van der Waals surface area contributed by atoms with E-state index in [1.807, 2.05) is 0 Å². The van der Waals surface area contributed by atoms with Gasteiger partial charge in [0.25, 0.3) is 0 Å². The van der Waals surface area contributed by atoms with Crippen molar-refractivity contribution in [3.63, 3.8) is 0 Å². The van der Waals surface area contributed by atoms with E-state index in [9.17, 15) is 44.6 Å². The van der Waals surface area contributed by atoms with Crippen LogP contribution < -0.4 is 10.2 Å². The Morgan fingerprint density at radius 1 is 0.868 bits per heavy atom. The average molecular weight is 576 g/mol. The third kappa shape index (κ3) is 6.15. The van der Waals surface area contributed by atoms with Gasteiger partial charge in [0.05, 0.1) is 6.54 Å². The van der Waals surface area contributed by atoms with E-state index in [1.54, 1.807) is 0 Å². The zero-order valence-electron chi connectivity index (χ0n) is 18.5. The van der Waals surface area contributed by atoms with E-state index in [-0.39, 0.29) is 24.6 Å². The number of nitrogens with zero attached hydrogens (tertiary/aromatic N) is 6. The first kappa shape index (κ1) is 29.1. The molecule has 1 fully saturated rings. The summed E-state index contributed by atoms with van der Waals surface area (Å²) < 4.78 is 118. The summed E-state index contributed by atoms with van der Waals surface area (Å²) in [4.78, 5) is 19.3. The maximum absolute atomic E-state index is 13.3. The van der Waals surface area contributed by atoms with Crippen LogP contribution in [-0.4, -0.2) is 54.9 Å². The minimum absolute atomic E-state index is 0. The third-order valence-electron chi connectivity index (χ3n) is 5.26. The Bertz CT molecular complexity index is 1300. The average Bonchev–Trinajstić information content (AvgIpc) is 3.22. The Labute approximate surface area is 213 Å². The van der Waals surface area contributed by atoms with Crippen LogP contribution in [0.4, 0.5) is 57.1 Å². The van der Waals surface area contributed by atoms with Crippen molar-refractivity contribution in [1.29, 1.82) is 0 Å². The zero-order valence-corrected chi connectivity index (χ0v) is 19.3. The van der Waals surface area contributed by atoms with Gasteiger partial charge in [-0.2, -0.15) is 54.5 Å². The molecule has 1 aliphatic heterocycles. The number of nitrogens with one attached hydrogen (secondary N) is 1. The number of pyridine rings is 2. The summed E-state index contributed by atoms with van der Waals surface area (Å²) in [7, 11) is 0. The molecule has 0 radical (unpaired) electrons. The van der Waals surface area contributed by atoms with Crippen LogP contribution in [0.1, 0.15) is 17.8 Å². The van der Waals surface area contributed by atoms with E-state index >= 15 is 0 Å². The Morgan fingerprint density at radius 2 is 1.55 bits per heavy atom. The van der Waals surface area contributed by atoms with Crippen LogP contribution >= 0.6 is 12.4 Å². The molecule has 1 atom stereocenters. The molecule has 0 unspecified atom stereocenters. The number of anilines is 3. The minimum Gasteiger partial charge on any atom is -0.379 e. The fraction of sp³-hybridized carbons (Fsp3) is 0.350. The normalized spacial score (nSPS) is 18.3. The molecule has 1 saturated heterocycles. The molecule has 3 aromatic heterocycles. The predicted molar refractivity (Wildman–Crippen MR) is 116 cm³/mol. The number of aromatic nitrogens is 5. The molecule has 0 amide bonds. The molecule has 38 heavy (non-hydrogen) atoms. The first-order valence-corrected chi connectivity index (χ1v) is 10.2. The fourth-order valence-corrected chi connectivity index (χ4v) is 3.38. The highest BCUT2D eigenvalue weighted by Gasteiger charge is 2.57. The van der Waals surface area contributed by atoms with E-state index in [0.29, 0.717) is 12.1 Å². The lowest BCUT2D eigenvalue weighted by molar-refractivity contribution is -0.250. The van der Waals surface area contributed by atoms with Crippen molar-refractivity contribution in [3.8, 4) is 11.5 Å². The van der Waals surface area contributed by atoms with Gasteiger partial charge < -0.3 is 15.3 Å². The number of β-amino-alcohol motifs (C(OH)–C–C–N with tert-alkyl or cyclic N) is 1. The number of hydrogen-bond acceptors (Lipinski definition) is 8. The molecule has 4 rings (SSSR count). The van der Waals surface area contributed by atoms with E-state index in [4.69, 9.17) is 0 Å². The highest BCUT2D eigenvalue weighted by Crippen LogP contribution is 2.39. The molecule has 0 aromatic carbocycles. The molecular formula is C20H15ClF9N7O. The molecular weight excluding hydrogens is 561 g/mol. The summed E-state index contributed by atoms with van der Waals surface area (Å²) >= 11 is 0. The van der Waals surface area contributed by atoms with Gasteiger partial charge in [0.2, 0.25) is 11.9 Å². The van der Waals surface area contributed by atoms with E-state index in [1.165, 1.54) is 0 Å². The Morgan fingerprint density at radius 3 is 2.16 bits per heavy atom. The molecule has 8 nitrogen and oxygen atoms in total. The first-order valence-electron chi connectivity index (χ1n) is 10.2. The highest BCUT2D eigenvalue weighted by atomic mass is 35.5. The Hall–Kier alpha value is -3.47. The van der Waals surface area contributed by atoms with Gasteiger partial charge in [-0.05, 0) is 24.3 Å². The standard InChI is InChI=1S/C20H14F9N7O.ClH/c21-18(22,23)12-3-1-2-11(32-12)14-33-15(31-10-4-6-30-13(8-10)19(24,25)26)35-16(34-14)36-7-5-17(37,9-36)20(27,28)29;/h1-4,6,8,37H,5,7,9H2,(H,30,31,33,34,35);1H/t17-;/m0./s1. The molecule has 0 bridgehead atoms. The SMILES string of the molecule is Cl.O[C@@]1(C(F)(F)F)CCN(c2nc(Nc3ccnc(C(F)(F)F)c3)nc(-c3cccc(C(F)(F)F)n3)n2)C1. The second-order valence-corrected chi connectivity index (χ2v) is 7.94. The van der Waals surface area contributed by atoms with Crippen molar-refractivity contribution in [1.82, 2.24) is 24.9 Å². The summed E-state index contributed by atoms with van der Waals surface area (Å²) in [6, 6.07) is 4.48. The molecule has 1 aliphatic rings. The summed E-state index contributed by atoms with van der Waals surface area (Å²) in [6.45, 7) is -1.38. The summed E-state index contributed by atoms with van der Waals surface area (Å²) in [6.07, 6.45) is -14.6. The van der Waals surface area contributed by atoms with Gasteiger partial charge in [-0.15, -0.1) is 12.4 Å². The molecule has 0 spiro atoms. The number of hydrogen-bond donors (Lipinski definition) is 2. The van der Waals surface area contributed by atoms with E-state index in [2.05, 4.69) is 30.2 Å². The quantitative estimate of drug-likeness (QED) is 0.418. The van der Waals surface area contributed by atoms with Crippen molar-refractivity contribution < 1.29 is 44.6 Å². The largest absolute Gasteiger partial charge is 0.433 e. The van der Waals surface area contributed by atoms with Crippen LogP contribution in [0, 0.1) is 0 Å². The summed E-state index contributed by atoms with van der Waals surface area (Å²) in [5.74, 6) is -1.48. The Balaban J connectivity index is 0.00000400. The fourth-order valence-electron chi connectivity index (χ4n) is 3.38. The second-order valence-electron chi connectivity index (χ2n) is 7.94. The second kappa shape index (κ2) is 10.0. The minimum atomic E-state index is -4.99. The maximum atomic E-state index is 13.3. The summed E-state index contributed by atoms with van der Waals surface area (Å²) in [5, 5.41) is 12.4. The van der Waals surface area contributed by atoms with Crippen LogP contribution in [-0.2, 0) is 12.4 Å². The van der Waals surface area contributed by atoms with Crippen molar-refractivity contribution in [2.24, 2.45) is 0 Å². The monoisotopic (exact) mass is 575 g/mol. The smallest absolute Gasteiger partial charge is 0.379 e. The number of alkyl halides is 9. The first-order chi connectivity index (χ1) is 17.0. The molecule has 0 aliphatic carbocycles. The van der Waals surface area contributed by atoms with Crippen LogP contribution in [0.25, 0.3) is 11.5 Å². The molecule has 18 heteroatoms. The Kier molecular flexibility index (Phi) is 7.66.